The average Bonchev–Trinajstić information content (AvgIpc) is 2.71. The van der Waals surface area contributed by atoms with Gasteiger partial charge < -0.3 is 19.5 Å². The van der Waals surface area contributed by atoms with Gasteiger partial charge >= 0.3 is 0 Å². The van der Waals surface area contributed by atoms with Crippen LogP contribution in [0.5, 0.6) is 11.5 Å². The van der Waals surface area contributed by atoms with Crippen LogP contribution < -0.4 is 14.8 Å². The minimum atomic E-state index is -0.479. The molecule has 3 aromatic rings. The van der Waals surface area contributed by atoms with E-state index >= 15 is 0 Å². The molecule has 1 aromatic heterocycles. The number of nitrogens with zero attached hydrogens (tertiary/aromatic N) is 2. The van der Waals surface area contributed by atoms with Crippen molar-refractivity contribution in [3.63, 3.8) is 0 Å². The Kier molecular flexibility index (Phi) is 5.45. The molecule has 0 aliphatic carbocycles. The molecule has 0 spiro atoms. The summed E-state index contributed by atoms with van der Waals surface area (Å²) in [7, 11) is 1.59. The van der Waals surface area contributed by atoms with Crippen LogP contribution in [0.25, 0.3) is 10.9 Å². The Bertz CT molecular complexity index is 996. The molecule has 1 aliphatic heterocycles. The van der Waals surface area contributed by atoms with E-state index in [0.29, 0.717) is 35.3 Å². The van der Waals surface area contributed by atoms with E-state index < -0.39 is 5.82 Å². The van der Waals surface area contributed by atoms with Crippen LogP contribution in [0.1, 0.15) is 12.8 Å². The maximum absolute atomic E-state index is 13.3. The summed E-state index contributed by atoms with van der Waals surface area (Å²) in [6, 6.07) is 8.00. The van der Waals surface area contributed by atoms with Crippen molar-refractivity contribution in [2.75, 3.05) is 25.6 Å². The molecule has 6 nitrogen and oxygen atoms in total. The summed E-state index contributed by atoms with van der Waals surface area (Å²) < 4.78 is 30.3. The number of fused-ring (bicyclic) bond motifs is 1. The third-order valence-electron chi connectivity index (χ3n) is 4.45. The van der Waals surface area contributed by atoms with Gasteiger partial charge in [0.2, 0.25) is 5.95 Å². The maximum Gasteiger partial charge on any atom is 0.227 e. The number of nitrogens with one attached hydrogen (secondary N) is 1. The molecule has 4 rings (SSSR count). The zero-order chi connectivity index (χ0) is 19.5. The fourth-order valence-electron chi connectivity index (χ4n) is 3.04. The Morgan fingerprint density at radius 3 is 2.89 bits per heavy atom. The summed E-state index contributed by atoms with van der Waals surface area (Å²) in [5, 5.41) is 3.86. The zero-order valence-corrected chi connectivity index (χ0v) is 16.0. The van der Waals surface area contributed by atoms with E-state index in [4.69, 9.17) is 25.8 Å². The molecule has 0 amide bonds. The smallest absolute Gasteiger partial charge is 0.227 e. The van der Waals surface area contributed by atoms with Crippen LogP contribution in [0.2, 0.25) is 5.02 Å². The van der Waals surface area contributed by atoms with Gasteiger partial charge in [0, 0.05) is 29.9 Å². The highest BCUT2D eigenvalue weighted by Gasteiger charge is 2.18. The number of rotatable bonds is 5. The number of ether oxygens (including phenoxy) is 3. The number of hydrogen-bond donors (Lipinski definition) is 1. The highest BCUT2D eigenvalue weighted by atomic mass is 35.5. The maximum atomic E-state index is 13.3. The lowest BCUT2D eigenvalue weighted by molar-refractivity contribution is 0.00651. The Hall–Kier alpha value is -2.64. The molecule has 0 bridgehead atoms. The molecule has 0 radical (unpaired) electrons. The third kappa shape index (κ3) is 4.10. The van der Waals surface area contributed by atoms with Gasteiger partial charge in [-0.1, -0.05) is 11.6 Å². The predicted molar refractivity (Wildman–Crippen MR) is 105 cm³/mol. The summed E-state index contributed by atoms with van der Waals surface area (Å²) in [5.41, 5.74) is 1.28. The normalized spacial score (nSPS) is 16.8. The van der Waals surface area contributed by atoms with Crippen LogP contribution in [-0.4, -0.2) is 36.4 Å². The van der Waals surface area contributed by atoms with Crippen LogP contribution in [-0.2, 0) is 4.74 Å². The van der Waals surface area contributed by atoms with Crippen LogP contribution in [0.15, 0.2) is 36.5 Å². The number of aromatic nitrogens is 2. The van der Waals surface area contributed by atoms with Crippen molar-refractivity contribution in [1.29, 1.82) is 0 Å². The van der Waals surface area contributed by atoms with Crippen molar-refractivity contribution in [3.8, 4) is 11.5 Å². The highest BCUT2D eigenvalue weighted by molar-refractivity contribution is 6.31. The van der Waals surface area contributed by atoms with Gasteiger partial charge in [-0.25, -0.2) is 14.4 Å². The van der Waals surface area contributed by atoms with E-state index in [1.165, 1.54) is 12.1 Å². The monoisotopic (exact) mass is 403 g/mol. The van der Waals surface area contributed by atoms with Crippen LogP contribution in [0.3, 0.4) is 0 Å². The van der Waals surface area contributed by atoms with Crippen LogP contribution >= 0.6 is 11.6 Å². The van der Waals surface area contributed by atoms with Gasteiger partial charge in [-0.15, -0.1) is 0 Å². The van der Waals surface area contributed by atoms with Gasteiger partial charge in [0.25, 0.3) is 0 Å². The first-order valence-corrected chi connectivity index (χ1v) is 9.31. The zero-order valence-electron chi connectivity index (χ0n) is 15.2. The van der Waals surface area contributed by atoms with E-state index in [9.17, 15) is 4.39 Å². The lowest BCUT2D eigenvalue weighted by Gasteiger charge is -2.24. The van der Waals surface area contributed by atoms with Crippen molar-refractivity contribution in [2.45, 2.75) is 18.9 Å². The topological polar surface area (TPSA) is 65.5 Å². The summed E-state index contributed by atoms with van der Waals surface area (Å²) >= 11 is 5.82. The van der Waals surface area contributed by atoms with Gasteiger partial charge in [0.1, 0.15) is 11.9 Å². The molecule has 0 saturated carbocycles. The van der Waals surface area contributed by atoms with Crippen molar-refractivity contribution in [3.05, 3.63) is 47.4 Å². The first-order chi connectivity index (χ1) is 13.6. The molecule has 1 fully saturated rings. The Labute approximate surface area is 166 Å². The number of hydrogen-bond acceptors (Lipinski definition) is 6. The summed E-state index contributed by atoms with van der Waals surface area (Å²) in [5.74, 6) is 1.12. The molecule has 28 heavy (non-hydrogen) atoms. The van der Waals surface area contributed by atoms with E-state index in [-0.39, 0.29) is 11.1 Å². The van der Waals surface area contributed by atoms with Crippen LogP contribution in [0, 0.1) is 5.82 Å². The van der Waals surface area contributed by atoms with E-state index in [2.05, 4.69) is 15.3 Å². The predicted octanol–water partition coefficient (Wildman–Crippen LogP) is 4.73. The first-order valence-electron chi connectivity index (χ1n) is 8.93. The third-order valence-corrected chi connectivity index (χ3v) is 4.74. The molecule has 1 atom stereocenters. The quantitative estimate of drug-likeness (QED) is 0.664. The SMILES string of the molecule is COc1cc2nc(Nc3ccc(F)c(Cl)c3)ncc2cc1OC1CCCOC1. The minimum Gasteiger partial charge on any atom is -0.493 e. The van der Waals surface area contributed by atoms with Crippen LogP contribution in [0.4, 0.5) is 16.0 Å². The van der Waals surface area contributed by atoms with Gasteiger partial charge in [-0.2, -0.15) is 0 Å². The molecule has 146 valence electrons. The fourth-order valence-corrected chi connectivity index (χ4v) is 3.22. The number of benzene rings is 2. The van der Waals surface area contributed by atoms with Crippen molar-refractivity contribution in [1.82, 2.24) is 9.97 Å². The molecule has 2 aromatic carbocycles. The summed E-state index contributed by atoms with van der Waals surface area (Å²) in [4.78, 5) is 8.82. The summed E-state index contributed by atoms with van der Waals surface area (Å²) in [6.07, 6.45) is 3.62. The first kappa shape index (κ1) is 18.7. The van der Waals surface area contributed by atoms with Crippen molar-refractivity contribution in [2.24, 2.45) is 0 Å². The van der Waals surface area contributed by atoms with Gasteiger partial charge in [-0.05, 0) is 37.1 Å². The second-order valence-electron chi connectivity index (χ2n) is 6.47. The second-order valence-corrected chi connectivity index (χ2v) is 6.87. The van der Waals surface area contributed by atoms with Gasteiger partial charge in [0.05, 0.1) is 24.3 Å². The second kappa shape index (κ2) is 8.16. The molecular formula is C20H19ClFN3O3. The lowest BCUT2D eigenvalue weighted by atomic mass is 10.1. The van der Waals surface area contributed by atoms with Gasteiger partial charge in [0.15, 0.2) is 11.5 Å². The number of anilines is 2. The van der Waals surface area contributed by atoms with E-state index in [0.717, 1.165) is 24.8 Å². The van der Waals surface area contributed by atoms with Gasteiger partial charge in [-0.3, -0.25) is 0 Å². The standard InChI is InChI=1S/C20H19ClFN3O3/c1-26-18-9-17-12(7-19(18)28-14-3-2-6-27-11-14)10-23-20(25-17)24-13-4-5-16(22)15(21)8-13/h4-5,7-10,14H,2-3,6,11H2,1H3,(H,23,24,25). The molecule has 2 heterocycles. The molecule has 1 unspecified atom stereocenters. The Balaban J connectivity index is 1.60. The minimum absolute atomic E-state index is 0.00480. The lowest BCUT2D eigenvalue weighted by Crippen LogP contribution is -2.28. The molecule has 8 heteroatoms. The largest absolute Gasteiger partial charge is 0.493 e. The molecular weight excluding hydrogens is 385 g/mol. The Morgan fingerprint density at radius 2 is 2.14 bits per heavy atom. The number of methoxy groups -OCH3 is 1. The Morgan fingerprint density at radius 1 is 1.25 bits per heavy atom. The number of halogens is 2. The van der Waals surface area contributed by atoms with E-state index in [1.807, 2.05) is 6.07 Å². The molecule has 1 aliphatic rings. The fraction of sp³-hybridized carbons (Fsp3) is 0.300. The molecule has 1 N–H and O–H groups in total. The van der Waals surface area contributed by atoms with Crippen molar-refractivity contribution < 1.29 is 18.6 Å². The summed E-state index contributed by atoms with van der Waals surface area (Å²) in [6.45, 7) is 1.35. The molecule has 1 saturated heterocycles. The highest BCUT2D eigenvalue weighted by Crippen LogP contribution is 2.33. The average molecular weight is 404 g/mol. The van der Waals surface area contributed by atoms with Crippen molar-refractivity contribution >= 4 is 34.1 Å². The van der Waals surface area contributed by atoms with E-state index in [1.54, 1.807) is 25.4 Å².